The molecule has 2 unspecified atom stereocenters. The van der Waals surface area contributed by atoms with Crippen molar-refractivity contribution in [3.05, 3.63) is 0 Å². The van der Waals surface area contributed by atoms with Gasteiger partial charge in [0, 0.05) is 5.71 Å². The van der Waals surface area contributed by atoms with Crippen LogP contribution in [-0.2, 0) is 0 Å². The molecule has 70 valence electrons. The highest BCUT2D eigenvalue weighted by atomic mass is 19.4. The minimum atomic E-state index is -5.61. The van der Waals surface area contributed by atoms with Gasteiger partial charge in [-0.1, -0.05) is 0 Å². The van der Waals surface area contributed by atoms with E-state index in [1.807, 2.05) is 0 Å². The zero-order chi connectivity index (χ0) is 9.73. The van der Waals surface area contributed by atoms with Gasteiger partial charge in [0.2, 0.25) is 0 Å². The van der Waals surface area contributed by atoms with Crippen molar-refractivity contribution in [3.8, 4) is 0 Å². The third-order valence-corrected chi connectivity index (χ3v) is 1.71. The molecular weight excluding hydrogens is 183 g/mol. The quantitative estimate of drug-likeness (QED) is 0.596. The van der Waals surface area contributed by atoms with Crippen LogP contribution in [0.1, 0.15) is 0 Å². The molecule has 1 rings (SSSR count). The lowest BCUT2D eigenvalue weighted by Gasteiger charge is -2.18. The fourth-order valence-electron chi connectivity index (χ4n) is 0.880. The van der Waals surface area contributed by atoms with Gasteiger partial charge in [-0.05, 0) is 0 Å². The molecule has 0 heterocycles. The van der Waals surface area contributed by atoms with Gasteiger partial charge in [0.15, 0.2) is 0 Å². The van der Waals surface area contributed by atoms with E-state index in [-0.39, 0.29) is 0 Å². The summed E-state index contributed by atoms with van der Waals surface area (Å²) in [4.78, 5) is 0. The number of alkyl halides is 5. The fraction of sp³-hybridized carbons (Fsp3) is 0.800. The highest BCUT2D eigenvalue weighted by molar-refractivity contribution is 6.06. The van der Waals surface area contributed by atoms with E-state index in [1.54, 1.807) is 0 Å². The Kier molecular flexibility index (Phi) is 1.68. The Morgan fingerprint density at radius 3 is 1.58 bits per heavy atom. The van der Waals surface area contributed by atoms with Crippen LogP contribution >= 0.6 is 0 Å². The molecule has 0 aromatic rings. The van der Waals surface area contributed by atoms with E-state index in [0.29, 0.717) is 0 Å². The summed E-state index contributed by atoms with van der Waals surface area (Å²) in [7, 11) is 0. The number of rotatable bonds is 1. The zero-order valence-electron chi connectivity index (χ0n) is 5.62. The van der Waals surface area contributed by atoms with Crippen LogP contribution in [0.5, 0.6) is 0 Å². The van der Waals surface area contributed by atoms with Crippen molar-refractivity contribution in [2.45, 2.75) is 18.1 Å². The van der Waals surface area contributed by atoms with Gasteiger partial charge < -0.3 is 11.1 Å². The van der Waals surface area contributed by atoms with Gasteiger partial charge in [-0.25, -0.2) is 0 Å². The molecule has 2 nitrogen and oxygen atoms in total. The van der Waals surface area contributed by atoms with Crippen molar-refractivity contribution >= 4 is 5.71 Å². The summed E-state index contributed by atoms with van der Waals surface area (Å²) in [5.41, 5.74) is 4.05. The molecule has 1 fully saturated rings. The molecule has 0 aromatic carbocycles. The van der Waals surface area contributed by atoms with Gasteiger partial charge in [0.05, 0.1) is 12.0 Å². The topological polar surface area (TPSA) is 49.9 Å². The zero-order valence-corrected chi connectivity index (χ0v) is 5.62. The SMILES string of the molecule is N=C1C(N)C1C(F)(F)C(F)(F)F. The molecule has 1 aliphatic rings. The summed E-state index contributed by atoms with van der Waals surface area (Å²) in [6, 6.07) is -1.44. The monoisotopic (exact) mass is 188 g/mol. The minimum absolute atomic E-state index is 0.739. The summed E-state index contributed by atoms with van der Waals surface area (Å²) >= 11 is 0. The Bertz CT molecular complexity index is 220. The maximum atomic E-state index is 12.3. The molecule has 3 N–H and O–H groups in total. The van der Waals surface area contributed by atoms with Crippen LogP contribution in [0.25, 0.3) is 0 Å². The van der Waals surface area contributed by atoms with Crippen LogP contribution in [-0.4, -0.2) is 23.9 Å². The second-order valence-corrected chi connectivity index (χ2v) is 2.58. The summed E-state index contributed by atoms with van der Waals surface area (Å²) in [6.45, 7) is 0. The lowest BCUT2D eigenvalue weighted by atomic mass is 10.2. The highest BCUT2D eigenvalue weighted by Gasteiger charge is 2.71. The molecular formula is C5H5F5N2. The van der Waals surface area contributed by atoms with Crippen molar-refractivity contribution in [2.75, 3.05) is 0 Å². The molecule has 0 aromatic heterocycles. The predicted octanol–water partition coefficient (Wildman–Crippen LogP) is 1.16. The van der Waals surface area contributed by atoms with Crippen LogP contribution in [0.3, 0.4) is 0 Å². The van der Waals surface area contributed by atoms with Gasteiger partial charge in [0.1, 0.15) is 0 Å². The van der Waals surface area contributed by atoms with E-state index < -0.39 is 29.8 Å². The van der Waals surface area contributed by atoms with Crippen molar-refractivity contribution in [1.82, 2.24) is 0 Å². The molecule has 0 spiro atoms. The predicted molar refractivity (Wildman–Crippen MR) is 30.2 cm³/mol. The Hall–Kier alpha value is -0.720. The van der Waals surface area contributed by atoms with Gasteiger partial charge in [0.25, 0.3) is 0 Å². The molecule has 0 amide bonds. The minimum Gasteiger partial charge on any atom is -0.322 e. The van der Waals surface area contributed by atoms with E-state index in [4.69, 9.17) is 11.1 Å². The van der Waals surface area contributed by atoms with Crippen LogP contribution in [0.15, 0.2) is 0 Å². The first-order valence-electron chi connectivity index (χ1n) is 2.98. The molecule has 0 bridgehead atoms. The van der Waals surface area contributed by atoms with Gasteiger partial charge in [-0.15, -0.1) is 0 Å². The first-order chi connectivity index (χ1) is 5.19. The molecule has 1 saturated carbocycles. The van der Waals surface area contributed by atoms with Gasteiger partial charge in [-0.2, -0.15) is 22.0 Å². The van der Waals surface area contributed by atoms with Gasteiger partial charge >= 0.3 is 12.1 Å². The number of nitrogens with one attached hydrogen (secondary N) is 1. The van der Waals surface area contributed by atoms with Crippen molar-refractivity contribution in [3.63, 3.8) is 0 Å². The molecule has 0 saturated heterocycles. The van der Waals surface area contributed by atoms with Crippen LogP contribution in [0, 0.1) is 11.3 Å². The van der Waals surface area contributed by atoms with Crippen LogP contribution < -0.4 is 5.73 Å². The Morgan fingerprint density at radius 2 is 1.50 bits per heavy atom. The van der Waals surface area contributed by atoms with Crippen LogP contribution in [0.2, 0.25) is 0 Å². The molecule has 2 atom stereocenters. The van der Waals surface area contributed by atoms with Crippen molar-refractivity contribution in [2.24, 2.45) is 11.7 Å². The Labute approximate surface area is 64.0 Å². The number of nitrogens with two attached hydrogens (primary N) is 1. The standard InChI is InChI=1S/C5H5F5N2/c6-4(7,5(8,9)10)1-2(11)3(1)12/h1-2,12H,11H2. The molecule has 0 radical (unpaired) electrons. The third kappa shape index (κ3) is 1.08. The molecule has 1 aliphatic carbocycles. The Balaban J connectivity index is 2.81. The van der Waals surface area contributed by atoms with Crippen LogP contribution in [0.4, 0.5) is 22.0 Å². The second-order valence-electron chi connectivity index (χ2n) is 2.58. The fourth-order valence-corrected chi connectivity index (χ4v) is 0.880. The first-order valence-corrected chi connectivity index (χ1v) is 2.98. The average molecular weight is 188 g/mol. The summed E-state index contributed by atoms with van der Waals surface area (Å²) in [5.74, 6) is -7.01. The lowest BCUT2D eigenvalue weighted by Crippen LogP contribution is -2.40. The maximum absolute atomic E-state index is 12.3. The molecule has 0 aliphatic heterocycles. The molecule has 7 heteroatoms. The second kappa shape index (κ2) is 2.15. The maximum Gasteiger partial charge on any atom is 0.454 e. The molecule has 12 heavy (non-hydrogen) atoms. The number of hydrogen-bond donors (Lipinski definition) is 2. The highest BCUT2D eigenvalue weighted by Crippen LogP contribution is 2.48. The Morgan fingerprint density at radius 1 is 1.17 bits per heavy atom. The smallest absolute Gasteiger partial charge is 0.322 e. The van der Waals surface area contributed by atoms with E-state index in [9.17, 15) is 22.0 Å². The van der Waals surface area contributed by atoms with E-state index in [1.165, 1.54) is 0 Å². The third-order valence-electron chi connectivity index (χ3n) is 1.71. The van der Waals surface area contributed by atoms with E-state index in [0.717, 1.165) is 0 Å². The summed E-state index contributed by atoms with van der Waals surface area (Å²) in [6.07, 6.45) is -5.61. The lowest BCUT2D eigenvalue weighted by molar-refractivity contribution is -0.288. The van der Waals surface area contributed by atoms with E-state index in [2.05, 4.69) is 0 Å². The summed E-state index contributed by atoms with van der Waals surface area (Å²) in [5, 5.41) is 6.61. The number of hydrogen-bond acceptors (Lipinski definition) is 2. The van der Waals surface area contributed by atoms with Crippen molar-refractivity contribution < 1.29 is 22.0 Å². The van der Waals surface area contributed by atoms with Gasteiger partial charge in [-0.3, -0.25) is 0 Å². The summed E-state index contributed by atoms with van der Waals surface area (Å²) < 4.78 is 59.2. The number of halogens is 5. The first kappa shape index (κ1) is 9.37. The largest absolute Gasteiger partial charge is 0.454 e. The normalized spacial score (nSPS) is 30.7. The average Bonchev–Trinajstić information content (AvgIpc) is 2.38. The van der Waals surface area contributed by atoms with Crippen molar-refractivity contribution in [1.29, 1.82) is 5.41 Å². The van der Waals surface area contributed by atoms with E-state index >= 15 is 0 Å².